The molecule has 0 spiro atoms. The number of oxazole rings is 1. The van der Waals surface area contributed by atoms with Gasteiger partial charge in [0, 0.05) is 10.7 Å². The molecule has 0 saturated heterocycles. The summed E-state index contributed by atoms with van der Waals surface area (Å²) in [6.07, 6.45) is 1.07. The summed E-state index contributed by atoms with van der Waals surface area (Å²) in [4.78, 5) is 16.8. The Bertz CT molecular complexity index is 1250. The van der Waals surface area contributed by atoms with Gasteiger partial charge in [0.1, 0.15) is 11.3 Å². The largest absolute Gasteiger partial charge is 0.484 e. The van der Waals surface area contributed by atoms with Gasteiger partial charge in [0.05, 0.1) is 10.6 Å². The minimum absolute atomic E-state index is 0.109. The van der Waals surface area contributed by atoms with Crippen molar-refractivity contribution in [2.45, 2.75) is 26.2 Å². The Morgan fingerprint density at radius 2 is 1.88 bits per heavy atom. The van der Waals surface area contributed by atoms with E-state index in [0.29, 0.717) is 50.0 Å². The Balaban J connectivity index is 1.43. The number of amides is 1. The fourth-order valence-electron chi connectivity index (χ4n) is 3.26. The second-order valence-corrected chi connectivity index (χ2v) is 8.38. The number of fused-ring (bicyclic) bond motifs is 1. The number of hydrogen-bond acceptors (Lipinski definition) is 4. The van der Waals surface area contributed by atoms with E-state index in [0.717, 1.165) is 6.42 Å². The van der Waals surface area contributed by atoms with E-state index < -0.39 is 0 Å². The molecule has 0 bridgehead atoms. The smallest absolute Gasteiger partial charge is 0.262 e. The second-order valence-electron chi connectivity index (χ2n) is 7.54. The first-order valence-corrected chi connectivity index (χ1v) is 11.1. The summed E-state index contributed by atoms with van der Waals surface area (Å²) in [5, 5.41) is 3.84. The second kappa shape index (κ2) is 9.63. The number of carbonyl (C=O) groups is 1. The highest BCUT2D eigenvalue weighted by Gasteiger charge is 2.14. The summed E-state index contributed by atoms with van der Waals surface area (Å²) >= 11 is 12.4. The van der Waals surface area contributed by atoms with Crippen LogP contribution in [-0.4, -0.2) is 17.5 Å². The van der Waals surface area contributed by atoms with Crippen LogP contribution in [0.4, 0.5) is 5.69 Å². The predicted molar refractivity (Wildman–Crippen MR) is 129 cm³/mol. The van der Waals surface area contributed by atoms with E-state index in [4.69, 9.17) is 32.4 Å². The maximum atomic E-state index is 12.4. The SMILES string of the molecule is CC[C@H](C)c1ccc(OCC(=O)Nc2ccc(Cl)c(-c3nc4cc(Cl)ccc4o3)c2)cc1. The number of halogens is 2. The monoisotopic (exact) mass is 468 g/mol. The molecule has 3 aromatic carbocycles. The number of aromatic nitrogens is 1. The van der Waals surface area contributed by atoms with E-state index in [1.165, 1.54) is 5.56 Å². The molecule has 0 aliphatic carbocycles. The van der Waals surface area contributed by atoms with Crippen LogP contribution in [0.5, 0.6) is 5.75 Å². The van der Waals surface area contributed by atoms with Gasteiger partial charge in [0.25, 0.3) is 5.91 Å². The zero-order valence-electron chi connectivity index (χ0n) is 17.7. The molecule has 4 rings (SSSR count). The van der Waals surface area contributed by atoms with Crippen LogP contribution in [0.15, 0.2) is 65.1 Å². The highest BCUT2D eigenvalue weighted by atomic mass is 35.5. The predicted octanol–water partition coefficient (Wildman–Crippen LogP) is 7.33. The Morgan fingerprint density at radius 1 is 1.09 bits per heavy atom. The van der Waals surface area contributed by atoms with Gasteiger partial charge in [0.2, 0.25) is 5.89 Å². The van der Waals surface area contributed by atoms with Crippen LogP contribution in [-0.2, 0) is 4.79 Å². The van der Waals surface area contributed by atoms with Crippen molar-refractivity contribution >= 4 is 45.9 Å². The van der Waals surface area contributed by atoms with Crippen LogP contribution in [0.3, 0.4) is 0 Å². The van der Waals surface area contributed by atoms with Crippen molar-refractivity contribution in [3.8, 4) is 17.2 Å². The first-order valence-electron chi connectivity index (χ1n) is 10.3. The number of hydrogen-bond donors (Lipinski definition) is 1. The van der Waals surface area contributed by atoms with Crippen LogP contribution in [0.25, 0.3) is 22.6 Å². The lowest BCUT2D eigenvalue weighted by Crippen LogP contribution is -2.20. The number of carbonyl (C=O) groups excluding carboxylic acids is 1. The van der Waals surface area contributed by atoms with E-state index in [2.05, 4.69) is 24.1 Å². The number of nitrogens with zero attached hydrogens (tertiary/aromatic N) is 1. The molecule has 0 aliphatic heterocycles. The molecule has 0 fully saturated rings. The highest BCUT2D eigenvalue weighted by molar-refractivity contribution is 6.33. The van der Waals surface area contributed by atoms with Gasteiger partial charge in [-0.05, 0) is 66.4 Å². The van der Waals surface area contributed by atoms with Crippen molar-refractivity contribution in [2.75, 3.05) is 11.9 Å². The van der Waals surface area contributed by atoms with Crippen LogP contribution >= 0.6 is 23.2 Å². The van der Waals surface area contributed by atoms with Crippen molar-refractivity contribution < 1.29 is 13.9 Å². The molecule has 0 aliphatic rings. The molecule has 32 heavy (non-hydrogen) atoms. The molecule has 1 amide bonds. The average molecular weight is 469 g/mol. The van der Waals surface area contributed by atoms with Crippen molar-refractivity contribution in [1.29, 1.82) is 0 Å². The molecule has 1 aromatic heterocycles. The first kappa shape index (κ1) is 22.2. The summed E-state index contributed by atoms with van der Waals surface area (Å²) in [5.41, 5.74) is 3.61. The normalized spacial score (nSPS) is 12.0. The Kier molecular flexibility index (Phi) is 6.68. The minimum Gasteiger partial charge on any atom is -0.484 e. The van der Waals surface area contributed by atoms with Gasteiger partial charge in [-0.3, -0.25) is 4.79 Å². The maximum Gasteiger partial charge on any atom is 0.262 e. The average Bonchev–Trinajstić information content (AvgIpc) is 3.21. The lowest BCUT2D eigenvalue weighted by atomic mass is 9.99. The molecule has 0 saturated carbocycles. The van der Waals surface area contributed by atoms with Crippen LogP contribution in [0.2, 0.25) is 10.0 Å². The van der Waals surface area contributed by atoms with E-state index in [1.54, 1.807) is 36.4 Å². The fourth-order valence-corrected chi connectivity index (χ4v) is 3.62. The molecule has 0 unspecified atom stereocenters. The lowest BCUT2D eigenvalue weighted by molar-refractivity contribution is -0.118. The van der Waals surface area contributed by atoms with Gasteiger partial charge in [0.15, 0.2) is 12.2 Å². The molecule has 0 radical (unpaired) electrons. The van der Waals surface area contributed by atoms with Crippen molar-refractivity contribution in [3.63, 3.8) is 0 Å². The first-order chi connectivity index (χ1) is 15.4. The standard InChI is InChI=1S/C25H22Cl2N2O3/c1-3-15(2)16-4-8-19(9-5-16)31-14-24(30)28-18-7-10-21(27)20(13-18)25-29-22-12-17(26)6-11-23(22)32-25/h4-13,15H,3,14H2,1-2H3,(H,28,30)/t15-/m0/s1. The minimum atomic E-state index is -0.284. The Hall–Kier alpha value is -3.02. The van der Waals surface area contributed by atoms with Gasteiger partial charge in [-0.25, -0.2) is 4.98 Å². The number of nitrogens with one attached hydrogen (secondary N) is 1. The van der Waals surface area contributed by atoms with Crippen LogP contribution in [0.1, 0.15) is 31.7 Å². The van der Waals surface area contributed by atoms with E-state index in [9.17, 15) is 4.79 Å². The summed E-state index contributed by atoms with van der Waals surface area (Å²) in [5.74, 6) is 1.20. The number of anilines is 1. The van der Waals surface area contributed by atoms with Gasteiger partial charge in [-0.1, -0.05) is 49.2 Å². The molecule has 164 valence electrons. The molecule has 1 heterocycles. The van der Waals surface area contributed by atoms with Crippen molar-refractivity contribution in [1.82, 2.24) is 4.98 Å². The molecule has 5 nitrogen and oxygen atoms in total. The third-order valence-corrected chi connectivity index (χ3v) is 5.83. The number of ether oxygens (including phenoxy) is 1. The van der Waals surface area contributed by atoms with Gasteiger partial charge >= 0.3 is 0 Å². The molecule has 1 atom stereocenters. The van der Waals surface area contributed by atoms with Crippen molar-refractivity contribution in [2.24, 2.45) is 0 Å². The molecule has 1 N–H and O–H groups in total. The van der Waals surface area contributed by atoms with E-state index in [1.807, 2.05) is 24.3 Å². The van der Waals surface area contributed by atoms with Gasteiger partial charge < -0.3 is 14.5 Å². The van der Waals surface area contributed by atoms with Gasteiger partial charge in [-0.15, -0.1) is 0 Å². The Morgan fingerprint density at radius 3 is 2.62 bits per heavy atom. The number of benzene rings is 3. The third-order valence-electron chi connectivity index (χ3n) is 5.26. The number of rotatable bonds is 7. The topological polar surface area (TPSA) is 64.4 Å². The molecule has 4 aromatic rings. The zero-order chi connectivity index (χ0) is 22.7. The molecular weight excluding hydrogens is 447 g/mol. The van der Waals surface area contributed by atoms with Gasteiger partial charge in [-0.2, -0.15) is 0 Å². The third kappa shape index (κ3) is 5.06. The van der Waals surface area contributed by atoms with Crippen LogP contribution < -0.4 is 10.1 Å². The van der Waals surface area contributed by atoms with Crippen LogP contribution in [0, 0.1) is 0 Å². The van der Waals surface area contributed by atoms with E-state index in [-0.39, 0.29) is 12.5 Å². The highest BCUT2D eigenvalue weighted by Crippen LogP contribution is 2.33. The zero-order valence-corrected chi connectivity index (χ0v) is 19.2. The van der Waals surface area contributed by atoms with Crippen molar-refractivity contribution in [3.05, 3.63) is 76.3 Å². The Labute approximate surface area is 196 Å². The summed E-state index contributed by atoms with van der Waals surface area (Å²) < 4.78 is 11.4. The molecule has 7 heteroatoms. The lowest BCUT2D eigenvalue weighted by Gasteiger charge is -2.11. The quantitative estimate of drug-likeness (QED) is 0.308. The summed E-state index contributed by atoms with van der Waals surface area (Å²) in [6.45, 7) is 4.23. The maximum absolute atomic E-state index is 12.4. The molecular formula is C25H22Cl2N2O3. The fraction of sp³-hybridized carbons (Fsp3) is 0.200. The van der Waals surface area contributed by atoms with E-state index >= 15 is 0 Å². The summed E-state index contributed by atoms with van der Waals surface area (Å²) in [7, 11) is 0. The summed E-state index contributed by atoms with van der Waals surface area (Å²) in [6, 6.07) is 18.1.